The normalized spacial score (nSPS) is 15.4. The number of carbonyl (C=O) groups is 1. The fraction of sp³-hybridized carbons (Fsp3) is 0.312. The monoisotopic (exact) mass is 332 g/mol. The van der Waals surface area contributed by atoms with Crippen molar-refractivity contribution in [2.75, 3.05) is 42.9 Å². The molecule has 0 spiro atoms. The van der Waals surface area contributed by atoms with Gasteiger partial charge in [-0.05, 0) is 30.3 Å². The average molecular weight is 333 g/mol. The van der Waals surface area contributed by atoms with Gasteiger partial charge in [-0.3, -0.25) is 4.79 Å². The number of aromatic nitrogens is 2. The first-order valence-electron chi connectivity index (χ1n) is 7.62. The molecule has 1 saturated heterocycles. The number of benzene rings is 1. The van der Waals surface area contributed by atoms with E-state index in [0.29, 0.717) is 11.6 Å². The second-order valence-corrected chi connectivity index (χ2v) is 5.95. The molecule has 6 nitrogen and oxygen atoms in total. The number of quaternary nitrogens is 1. The van der Waals surface area contributed by atoms with E-state index < -0.39 is 0 Å². The van der Waals surface area contributed by atoms with Crippen molar-refractivity contribution in [3.8, 4) is 0 Å². The van der Waals surface area contributed by atoms with E-state index in [9.17, 15) is 4.79 Å². The lowest BCUT2D eigenvalue weighted by Crippen LogP contribution is -3.15. The zero-order valence-corrected chi connectivity index (χ0v) is 13.5. The Hall–Kier alpha value is -2.18. The molecule has 3 rings (SSSR count). The molecule has 1 aliphatic heterocycles. The summed E-state index contributed by atoms with van der Waals surface area (Å²) in [5.41, 5.74) is 0.773. The van der Waals surface area contributed by atoms with E-state index in [1.807, 2.05) is 6.07 Å². The van der Waals surface area contributed by atoms with Crippen molar-refractivity contribution in [3.63, 3.8) is 0 Å². The Morgan fingerprint density at radius 2 is 1.83 bits per heavy atom. The summed E-state index contributed by atoms with van der Waals surface area (Å²) in [6.45, 7) is 3.96. The minimum Gasteiger partial charge on any atom is -0.330 e. The number of amides is 1. The van der Waals surface area contributed by atoms with Crippen molar-refractivity contribution in [2.45, 2.75) is 0 Å². The van der Waals surface area contributed by atoms with Crippen LogP contribution in [0.5, 0.6) is 0 Å². The lowest BCUT2D eigenvalue weighted by molar-refractivity contribution is -0.892. The van der Waals surface area contributed by atoms with Gasteiger partial charge in [0.15, 0.2) is 6.54 Å². The molecular weight excluding hydrogens is 314 g/mol. The van der Waals surface area contributed by atoms with Gasteiger partial charge in [-0.1, -0.05) is 11.6 Å². The maximum absolute atomic E-state index is 12.1. The molecule has 23 heavy (non-hydrogen) atoms. The van der Waals surface area contributed by atoms with Gasteiger partial charge in [-0.15, -0.1) is 0 Å². The molecule has 2 N–H and O–H groups in total. The van der Waals surface area contributed by atoms with Gasteiger partial charge in [0.05, 0.1) is 26.2 Å². The Morgan fingerprint density at radius 1 is 1.17 bits per heavy atom. The van der Waals surface area contributed by atoms with Gasteiger partial charge in [0.2, 0.25) is 5.95 Å². The number of hydrogen-bond acceptors (Lipinski definition) is 4. The highest BCUT2D eigenvalue weighted by atomic mass is 35.5. The highest BCUT2D eigenvalue weighted by molar-refractivity contribution is 6.30. The fourth-order valence-corrected chi connectivity index (χ4v) is 2.75. The maximum Gasteiger partial charge on any atom is 0.279 e. The minimum absolute atomic E-state index is 0.0201. The summed E-state index contributed by atoms with van der Waals surface area (Å²) in [5.74, 6) is 0.781. The van der Waals surface area contributed by atoms with E-state index in [0.717, 1.165) is 37.8 Å². The molecule has 1 fully saturated rings. The van der Waals surface area contributed by atoms with Gasteiger partial charge in [0, 0.05) is 23.1 Å². The molecule has 1 aromatic carbocycles. The highest BCUT2D eigenvalue weighted by Crippen LogP contribution is 2.12. The van der Waals surface area contributed by atoms with Crippen molar-refractivity contribution >= 4 is 29.1 Å². The summed E-state index contributed by atoms with van der Waals surface area (Å²) in [6, 6.07) is 8.96. The van der Waals surface area contributed by atoms with Gasteiger partial charge in [0.25, 0.3) is 5.91 Å². The van der Waals surface area contributed by atoms with Gasteiger partial charge in [-0.25, -0.2) is 9.97 Å². The molecule has 0 aliphatic carbocycles. The number of nitrogens with one attached hydrogen (secondary N) is 2. The quantitative estimate of drug-likeness (QED) is 0.854. The summed E-state index contributed by atoms with van der Waals surface area (Å²) < 4.78 is 0. The fourth-order valence-electron chi connectivity index (χ4n) is 2.62. The second kappa shape index (κ2) is 7.39. The molecule has 1 aliphatic rings. The third-order valence-electron chi connectivity index (χ3n) is 3.84. The molecule has 2 aromatic rings. The second-order valence-electron chi connectivity index (χ2n) is 5.52. The van der Waals surface area contributed by atoms with Crippen LogP contribution < -0.4 is 15.1 Å². The Labute approximate surface area is 140 Å². The van der Waals surface area contributed by atoms with Crippen LogP contribution in [0.4, 0.5) is 11.6 Å². The van der Waals surface area contributed by atoms with Crippen LogP contribution in [0.25, 0.3) is 0 Å². The van der Waals surface area contributed by atoms with Crippen LogP contribution in [0.2, 0.25) is 5.02 Å². The molecule has 0 unspecified atom stereocenters. The number of nitrogens with zero attached hydrogens (tertiary/aromatic N) is 3. The van der Waals surface area contributed by atoms with Crippen molar-refractivity contribution in [1.29, 1.82) is 0 Å². The zero-order valence-electron chi connectivity index (χ0n) is 12.7. The summed E-state index contributed by atoms with van der Waals surface area (Å²) in [5, 5.41) is 3.56. The van der Waals surface area contributed by atoms with E-state index in [-0.39, 0.29) is 5.91 Å². The van der Waals surface area contributed by atoms with Crippen LogP contribution >= 0.6 is 11.6 Å². The number of halogens is 1. The van der Waals surface area contributed by atoms with Gasteiger partial charge >= 0.3 is 0 Å². The minimum atomic E-state index is 0.0201. The van der Waals surface area contributed by atoms with E-state index in [1.54, 1.807) is 36.7 Å². The van der Waals surface area contributed by atoms with Crippen molar-refractivity contribution < 1.29 is 9.69 Å². The molecule has 2 heterocycles. The first-order chi connectivity index (χ1) is 11.2. The molecule has 0 saturated carbocycles. The SMILES string of the molecule is O=C(C[NH+]1CCN(c2ncccn2)CC1)Nc1ccc(Cl)cc1. The topological polar surface area (TPSA) is 62.6 Å². The third-order valence-corrected chi connectivity index (χ3v) is 4.10. The summed E-state index contributed by atoms with van der Waals surface area (Å²) in [6.07, 6.45) is 3.50. The molecule has 7 heteroatoms. The number of carbonyl (C=O) groups excluding carboxylic acids is 1. The summed E-state index contributed by atoms with van der Waals surface area (Å²) in [7, 11) is 0. The van der Waals surface area contributed by atoms with E-state index in [1.165, 1.54) is 4.90 Å². The molecule has 1 amide bonds. The summed E-state index contributed by atoms with van der Waals surface area (Å²) >= 11 is 5.84. The summed E-state index contributed by atoms with van der Waals surface area (Å²) in [4.78, 5) is 24.1. The maximum atomic E-state index is 12.1. The first kappa shape index (κ1) is 15.7. The predicted octanol–water partition coefficient (Wildman–Crippen LogP) is 0.474. The Kier molecular flexibility index (Phi) is 5.05. The van der Waals surface area contributed by atoms with Crippen LogP contribution in [0.3, 0.4) is 0 Å². The average Bonchev–Trinajstić information content (AvgIpc) is 2.58. The van der Waals surface area contributed by atoms with Gasteiger partial charge < -0.3 is 15.1 Å². The first-order valence-corrected chi connectivity index (χ1v) is 7.99. The number of anilines is 2. The molecule has 0 radical (unpaired) electrons. The van der Waals surface area contributed by atoms with E-state index in [2.05, 4.69) is 20.2 Å². The van der Waals surface area contributed by atoms with Gasteiger partial charge in [-0.2, -0.15) is 0 Å². The van der Waals surface area contributed by atoms with Gasteiger partial charge in [0.1, 0.15) is 0 Å². The van der Waals surface area contributed by atoms with E-state index in [4.69, 9.17) is 11.6 Å². The molecular formula is C16H19ClN5O+. The number of hydrogen-bond donors (Lipinski definition) is 2. The molecule has 1 aromatic heterocycles. The lowest BCUT2D eigenvalue weighted by Gasteiger charge is -2.31. The molecule has 0 atom stereocenters. The van der Waals surface area contributed by atoms with Crippen LogP contribution in [-0.2, 0) is 4.79 Å². The Bertz CT molecular complexity index is 641. The van der Waals surface area contributed by atoms with Crippen molar-refractivity contribution in [2.24, 2.45) is 0 Å². The highest BCUT2D eigenvalue weighted by Gasteiger charge is 2.23. The lowest BCUT2D eigenvalue weighted by atomic mass is 10.3. The van der Waals surface area contributed by atoms with Crippen LogP contribution in [0, 0.1) is 0 Å². The number of rotatable bonds is 4. The Balaban J connectivity index is 1.47. The number of piperazine rings is 1. The van der Waals surface area contributed by atoms with Crippen molar-refractivity contribution in [3.05, 3.63) is 47.7 Å². The molecule has 120 valence electrons. The van der Waals surface area contributed by atoms with E-state index >= 15 is 0 Å². The van der Waals surface area contributed by atoms with Crippen LogP contribution in [0.1, 0.15) is 0 Å². The molecule has 0 bridgehead atoms. The zero-order chi connectivity index (χ0) is 16.1. The van der Waals surface area contributed by atoms with Crippen molar-refractivity contribution in [1.82, 2.24) is 9.97 Å². The predicted molar refractivity (Wildman–Crippen MR) is 89.9 cm³/mol. The standard InChI is InChI=1S/C16H18ClN5O/c17-13-2-4-14(5-3-13)20-15(23)12-21-8-10-22(11-9-21)16-18-6-1-7-19-16/h1-7H,8-12H2,(H,20,23)/p+1. The largest absolute Gasteiger partial charge is 0.330 e. The smallest absolute Gasteiger partial charge is 0.279 e. The van der Waals surface area contributed by atoms with Crippen LogP contribution in [0.15, 0.2) is 42.7 Å². The third kappa shape index (κ3) is 4.40. The Morgan fingerprint density at radius 3 is 2.48 bits per heavy atom. The van der Waals surface area contributed by atoms with Crippen LogP contribution in [-0.4, -0.2) is 48.6 Å².